The summed E-state index contributed by atoms with van der Waals surface area (Å²) in [5, 5.41) is 10.8. The summed E-state index contributed by atoms with van der Waals surface area (Å²) in [6.07, 6.45) is 7.05. The second-order valence-corrected chi connectivity index (χ2v) is 8.96. The molecule has 180 valence electrons. The first-order chi connectivity index (χ1) is 16.4. The predicted octanol–water partition coefficient (Wildman–Crippen LogP) is 5.80. The first-order valence-corrected chi connectivity index (χ1v) is 12.0. The van der Waals surface area contributed by atoms with E-state index in [1.165, 1.54) is 12.1 Å². The van der Waals surface area contributed by atoms with Gasteiger partial charge in [-0.25, -0.2) is 9.37 Å². The molecule has 0 radical (unpaired) electrons. The van der Waals surface area contributed by atoms with Gasteiger partial charge in [-0.3, -0.25) is 9.48 Å². The van der Waals surface area contributed by atoms with Crippen molar-refractivity contribution in [1.29, 1.82) is 0 Å². The largest absolute Gasteiger partial charge is 0.482 e. The minimum absolute atomic E-state index is 0.105. The number of ether oxygens (including phenoxy) is 1. The lowest BCUT2D eigenvalue weighted by molar-refractivity contribution is -0.115. The Kier molecular flexibility index (Phi) is 7.70. The molecular weight excluding hydrogens is 480 g/mol. The molecule has 2 aromatic heterocycles. The lowest BCUT2D eigenvalue weighted by Gasteiger charge is -2.22. The van der Waals surface area contributed by atoms with E-state index in [-0.39, 0.29) is 28.2 Å². The van der Waals surface area contributed by atoms with Gasteiger partial charge in [-0.1, -0.05) is 30.1 Å². The number of nitrogens with one attached hydrogen (secondary N) is 2. The summed E-state index contributed by atoms with van der Waals surface area (Å²) in [6.45, 7) is 5.39. The van der Waals surface area contributed by atoms with Gasteiger partial charge >= 0.3 is 0 Å². The van der Waals surface area contributed by atoms with Crippen LogP contribution in [0.15, 0.2) is 36.8 Å². The third kappa shape index (κ3) is 5.35. The van der Waals surface area contributed by atoms with Gasteiger partial charge in [0.2, 0.25) is 5.91 Å². The van der Waals surface area contributed by atoms with Crippen molar-refractivity contribution in [3.8, 4) is 16.9 Å². The zero-order valence-corrected chi connectivity index (χ0v) is 20.5. The number of rotatable bonds is 7. The maximum absolute atomic E-state index is 14.1. The van der Waals surface area contributed by atoms with Crippen LogP contribution in [0.2, 0.25) is 10.0 Å². The standard InChI is InChI=1S/C24H26Cl2FN5O2/c1-3-21(33)31-24-20(34-14(2)22-18(25)4-5-19(27)23(22)26)10-15(11-29-24)16-12-30-32(13-16)17-6-8-28-9-7-17/h4-5,10-14,17,28H,3,6-9H2,1-2H3,(H,29,31,33). The van der Waals surface area contributed by atoms with Crippen molar-refractivity contribution in [1.82, 2.24) is 20.1 Å². The Bertz CT molecular complexity index is 1180. The minimum atomic E-state index is -0.706. The second-order valence-electron chi connectivity index (χ2n) is 8.18. The van der Waals surface area contributed by atoms with Gasteiger partial charge in [0.25, 0.3) is 0 Å². The Morgan fingerprint density at radius 1 is 1.29 bits per heavy atom. The summed E-state index contributed by atoms with van der Waals surface area (Å²) >= 11 is 12.5. The molecule has 3 aromatic rings. The van der Waals surface area contributed by atoms with Gasteiger partial charge in [0.15, 0.2) is 11.6 Å². The van der Waals surface area contributed by atoms with E-state index in [1.807, 2.05) is 10.9 Å². The number of piperidine rings is 1. The van der Waals surface area contributed by atoms with Crippen molar-refractivity contribution in [2.45, 2.75) is 45.3 Å². The summed E-state index contributed by atoms with van der Waals surface area (Å²) in [6, 6.07) is 4.76. The molecule has 34 heavy (non-hydrogen) atoms. The number of aromatic nitrogens is 3. The topological polar surface area (TPSA) is 81.1 Å². The molecule has 4 rings (SSSR count). The van der Waals surface area contributed by atoms with Crippen LogP contribution >= 0.6 is 23.2 Å². The fraction of sp³-hybridized carbons (Fsp3) is 0.375. The second kappa shape index (κ2) is 10.7. The zero-order chi connectivity index (χ0) is 24.2. The monoisotopic (exact) mass is 505 g/mol. The fourth-order valence-electron chi connectivity index (χ4n) is 3.93. The van der Waals surface area contributed by atoms with Crippen LogP contribution in [-0.2, 0) is 4.79 Å². The van der Waals surface area contributed by atoms with Crippen LogP contribution < -0.4 is 15.4 Å². The summed E-state index contributed by atoms with van der Waals surface area (Å²) in [5.41, 5.74) is 1.97. The molecule has 1 aromatic carbocycles. The van der Waals surface area contributed by atoms with Crippen LogP contribution in [0.4, 0.5) is 10.2 Å². The van der Waals surface area contributed by atoms with Crippen LogP contribution in [0, 0.1) is 5.82 Å². The number of nitrogens with zero attached hydrogens (tertiary/aromatic N) is 3. The molecule has 10 heteroatoms. The zero-order valence-electron chi connectivity index (χ0n) is 18.9. The van der Waals surface area contributed by atoms with Crippen molar-refractivity contribution in [3.05, 3.63) is 58.2 Å². The summed E-state index contributed by atoms with van der Waals surface area (Å²) in [5.74, 6) is -0.221. The lowest BCUT2D eigenvalue weighted by Crippen LogP contribution is -2.29. The molecule has 2 N–H and O–H groups in total. The number of hydrogen-bond donors (Lipinski definition) is 2. The Morgan fingerprint density at radius 3 is 2.79 bits per heavy atom. The average molecular weight is 506 g/mol. The highest BCUT2D eigenvalue weighted by Gasteiger charge is 2.22. The molecule has 1 saturated heterocycles. The van der Waals surface area contributed by atoms with Gasteiger partial charge < -0.3 is 15.4 Å². The molecular formula is C24H26Cl2FN5O2. The SMILES string of the molecule is CCC(=O)Nc1ncc(-c2cnn(C3CCNCC3)c2)cc1OC(C)c1c(Cl)ccc(F)c1Cl. The molecule has 0 bridgehead atoms. The lowest BCUT2D eigenvalue weighted by atomic mass is 10.1. The molecule has 1 aliphatic rings. The molecule has 1 aliphatic heterocycles. The molecule has 1 unspecified atom stereocenters. The Hall–Kier alpha value is -2.68. The van der Waals surface area contributed by atoms with Crippen molar-refractivity contribution in [3.63, 3.8) is 0 Å². The van der Waals surface area contributed by atoms with Crippen molar-refractivity contribution in [2.75, 3.05) is 18.4 Å². The molecule has 0 spiro atoms. The smallest absolute Gasteiger partial charge is 0.225 e. The number of carbonyl (C=O) groups excluding carboxylic acids is 1. The normalized spacial score (nSPS) is 15.2. The first kappa shape index (κ1) is 24.4. The average Bonchev–Trinajstić information content (AvgIpc) is 3.33. The van der Waals surface area contributed by atoms with E-state index < -0.39 is 11.9 Å². The molecule has 3 heterocycles. The number of amides is 1. The highest BCUT2D eigenvalue weighted by molar-refractivity contribution is 6.36. The number of pyridine rings is 1. The van der Waals surface area contributed by atoms with E-state index >= 15 is 0 Å². The molecule has 0 aliphatic carbocycles. The number of benzene rings is 1. The molecule has 7 nitrogen and oxygen atoms in total. The van der Waals surface area contributed by atoms with Crippen LogP contribution in [0.25, 0.3) is 11.1 Å². The molecule has 1 fully saturated rings. The highest BCUT2D eigenvalue weighted by Crippen LogP contribution is 2.37. The minimum Gasteiger partial charge on any atom is -0.482 e. The third-order valence-electron chi connectivity index (χ3n) is 5.84. The van der Waals surface area contributed by atoms with Gasteiger partial charge in [0.1, 0.15) is 11.9 Å². The Morgan fingerprint density at radius 2 is 2.06 bits per heavy atom. The predicted molar refractivity (Wildman–Crippen MR) is 131 cm³/mol. The summed E-state index contributed by atoms with van der Waals surface area (Å²) < 4.78 is 22.2. The van der Waals surface area contributed by atoms with Crippen molar-refractivity contribution < 1.29 is 13.9 Å². The van der Waals surface area contributed by atoms with E-state index in [1.54, 1.807) is 32.3 Å². The van der Waals surface area contributed by atoms with Gasteiger partial charge in [-0.15, -0.1) is 0 Å². The molecule has 1 amide bonds. The van der Waals surface area contributed by atoms with Gasteiger partial charge in [0, 0.05) is 40.5 Å². The number of anilines is 1. The van der Waals surface area contributed by atoms with E-state index in [9.17, 15) is 9.18 Å². The Labute approximate surface area is 207 Å². The number of carbonyl (C=O) groups is 1. The highest BCUT2D eigenvalue weighted by atomic mass is 35.5. The number of hydrogen-bond acceptors (Lipinski definition) is 5. The van der Waals surface area contributed by atoms with Crippen molar-refractivity contribution >= 4 is 34.9 Å². The molecule has 1 atom stereocenters. The summed E-state index contributed by atoms with van der Waals surface area (Å²) in [4.78, 5) is 16.5. The first-order valence-electron chi connectivity index (χ1n) is 11.2. The third-order valence-corrected chi connectivity index (χ3v) is 6.55. The van der Waals surface area contributed by atoms with E-state index in [2.05, 4.69) is 20.7 Å². The maximum atomic E-state index is 14.1. The van der Waals surface area contributed by atoms with Crippen LogP contribution in [0.5, 0.6) is 5.75 Å². The Balaban J connectivity index is 1.66. The fourth-order valence-corrected chi connectivity index (χ4v) is 4.61. The van der Waals surface area contributed by atoms with Gasteiger partial charge in [-0.2, -0.15) is 5.10 Å². The summed E-state index contributed by atoms with van der Waals surface area (Å²) in [7, 11) is 0. The van der Waals surface area contributed by atoms with Crippen LogP contribution in [0.1, 0.15) is 50.8 Å². The van der Waals surface area contributed by atoms with E-state index in [0.29, 0.717) is 17.4 Å². The quantitative estimate of drug-likeness (QED) is 0.396. The number of halogens is 3. The van der Waals surface area contributed by atoms with Gasteiger partial charge in [0.05, 0.1) is 17.3 Å². The van der Waals surface area contributed by atoms with Gasteiger partial charge in [-0.05, 0) is 51.1 Å². The van der Waals surface area contributed by atoms with Crippen molar-refractivity contribution in [2.24, 2.45) is 0 Å². The van der Waals surface area contributed by atoms with E-state index in [0.717, 1.165) is 37.1 Å². The van der Waals surface area contributed by atoms with Crippen LogP contribution in [0.3, 0.4) is 0 Å². The molecule has 0 saturated carbocycles. The van der Waals surface area contributed by atoms with E-state index in [4.69, 9.17) is 27.9 Å². The van der Waals surface area contributed by atoms with Crippen LogP contribution in [-0.4, -0.2) is 33.8 Å². The maximum Gasteiger partial charge on any atom is 0.225 e.